The Morgan fingerprint density at radius 2 is 1.67 bits per heavy atom. The molecule has 2 nitrogen and oxygen atoms in total. The molecule has 0 amide bonds. The van der Waals surface area contributed by atoms with E-state index in [1.807, 2.05) is 12.1 Å². The van der Waals surface area contributed by atoms with Crippen LogP contribution in [-0.4, -0.2) is 11.1 Å². The highest BCUT2D eigenvalue weighted by Gasteiger charge is 2.28. The Bertz CT molecular complexity index is 564. The van der Waals surface area contributed by atoms with Crippen molar-refractivity contribution in [1.29, 1.82) is 0 Å². The minimum Gasteiger partial charge on any atom is -0.508 e. The van der Waals surface area contributed by atoms with Crippen molar-refractivity contribution in [2.24, 2.45) is 11.7 Å². The summed E-state index contributed by atoms with van der Waals surface area (Å²) in [6, 6.07) is 18.6. The number of benzene rings is 2. The fraction of sp³-hybridized carbons (Fsp3) is 0.368. The second-order valence-electron chi connectivity index (χ2n) is 6.22. The molecule has 3 rings (SSSR count). The Morgan fingerprint density at radius 3 is 2.38 bits per heavy atom. The highest BCUT2D eigenvalue weighted by atomic mass is 16.3. The Kier molecular flexibility index (Phi) is 4.26. The maximum absolute atomic E-state index is 9.38. The molecule has 2 aromatic rings. The zero-order valence-electron chi connectivity index (χ0n) is 12.3. The van der Waals surface area contributed by atoms with Gasteiger partial charge in [0.05, 0.1) is 0 Å². The first kappa shape index (κ1) is 14.2. The third-order valence-corrected chi connectivity index (χ3v) is 4.75. The van der Waals surface area contributed by atoms with Crippen LogP contribution < -0.4 is 5.73 Å². The van der Waals surface area contributed by atoms with Crippen molar-refractivity contribution >= 4 is 0 Å². The molecule has 21 heavy (non-hydrogen) atoms. The van der Waals surface area contributed by atoms with E-state index in [-0.39, 0.29) is 0 Å². The number of rotatable bonds is 3. The van der Waals surface area contributed by atoms with E-state index in [2.05, 4.69) is 30.3 Å². The van der Waals surface area contributed by atoms with E-state index in [9.17, 15) is 5.11 Å². The van der Waals surface area contributed by atoms with Gasteiger partial charge in [-0.05, 0) is 60.8 Å². The zero-order valence-corrected chi connectivity index (χ0v) is 12.3. The van der Waals surface area contributed by atoms with Gasteiger partial charge < -0.3 is 10.8 Å². The summed E-state index contributed by atoms with van der Waals surface area (Å²) in [6.07, 6.45) is 4.45. The second-order valence-corrected chi connectivity index (χ2v) is 6.22. The van der Waals surface area contributed by atoms with E-state index >= 15 is 0 Å². The molecule has 3 unspecified atom stereocenters. The number of phenols is 1. The first-order chi connectivity index (χ1) is 10.2. The van der Waals surface area contributed by atoms with Gasteiger partial charge in [0, 0.05) is 6.04 Å². The predicted octanol–water partition coefficient (Wildman–Crippen LogP) is 3.85. The fourth-order valence-electron chi connectivity index (χ4n) is 3.48. The van der Waals surface area contributed by atoms with Gasteiger partial charge in [0.15, 0.2) is 0 Å². The quantitative estimate of drug-likeness (QED) is 0.897. The summed E-state index contributed by atoms with van der Waals surface area (Å²) < 4.78 is 0. The molecule has 1 aliphatic rings. The molecule has 0 radical (unpaired) electrons. The molecule has 110 valence electrons. The van der Waals surface area contributed by atoms with E-state index in [1.54, 1.807) is 12.1 Å². The lowest BCUT2D eigenvalue weighted by Gasteiger charge is -2.34. The smallest absolute Gasteiger partial charge is 0.115 e. The molecule has 0 heterocycles. The van der Waals surface area contributed by atoms with E-state index in [0.717, 1.165) is 19.3 Å². The number of hydrogen-bond donors (Lipinski definition) is 2. The molecule has 1 saturated carbocycles. The van der Waals surface area contributed by atoms with Crippen molar-refractivity contribution in [3.05, 3.63) is 65.7 Å². The van der Waals surface area contributed by atoms with Crippen molar-refractivity contribution in [1.82, 2.24) is 0 Å². The van der Waals surface area contributed by atoms with Crippen LogP contribution in [0.3, 0.4) is 0 Å². The van der Waals surface area contributed by atoms with Gasteiger partial charge >= 0.3 is 0 Å². The molecular weight excluding hydrogens is 258 g/mol. The molecule has 0 aromatic heterocycles. The normalized spacial score (nSPS) is 25.7. The zero-order chi connectivity index (χ0) is 14.7. The molecule has 2 aromatic carbocycles. The van der Waals surface area contributed by atoms with Crippen molar-refractivity contribution in [2.75, 3.05) is 0 Å². The standard InChI is InChI=1S/C19H23NO/c20-19-11-8-16(15-4-2-1-3-5-15)13-17(19)12-14-6-9-18(21)10-7-14/h1-7,9-10,16-17,19,21H,8,11-13,20H2. The summed E-state index contributed by atoms with van der Waals surface area (Å²) in [4.78, 5) is 0. The van der Waals surface area contributed by atoms with Crippen LogP contribution in [0, 0.1) is 5.92 Å². The van der Waals surface area contributed by atoms with Gasteiger partial charge in [-0.25, -0.2) is 0 Å². The van der Waals surface area contributed by atoms with E-state index in [0.29, 0.717) is 23.6 Å². The Balaban J connectivity index is 1.70. The second kappa shape index (κ2) is 6.31. The van der Waals surface area contributed by atoms with Crippen LogP contribution in [-0.2, 0) is 6.42 Å². The molecule has 3 atom stereocenters. The number of phenolic OH excluding ortho intramolecular Hbond substituents is 1. The topological polar surface area (TPSA) is 46.2 Å². The van der Waals surface area contributed by atoms with Crippen LogP contribution in [0.4, 0.5) is 0 Å². The first-order valence-electron chi connectivity index (χ1n) is 7.81. The summed E-state index contributed by atoms with van der Waals surface area (Å²) in [5.74, 6) is 1.48. The van der Waals surface area contributed by atoms with Crippen molar-refractivity contribution in [3.63, 3.8) is 0 Å². The molecule has 1 fully saturated rings. The molecule has 0 spiro atoms. The van der Waals surface area contributed by atoms with Gasteiger partial charge in [0.25, 0.3) is 0 Å². The van der Waals surface area contributed by atoms with Crippen LogP contribution in [0.1, 0.15) is 36.3 Å². The Hall–Kier alpha value is -1.80. The summed E-state index contributed by atoms with van der Waals surface area (Å²) in [6.45, 7) is 0. The Morgan fingerprint density at radius 1 is 0.952 bits per heavy atom. The number of aromatic hydroxyl groups is 1. The summed E-state index contributed by atoms with van der Waals surface area (Å²) in [5, 5.41) is 9.38. The maximum Gasteiger partial charge on any atom is 0.115 e. The highest BCUT2D eigenvalue weighted by molar-refractivity contribution is 5.27. The summed E-state index contributed by atoms with van der Waals surface area (Å²) in [5.41, 5.74) is 9.06. The number of nitrogens with two attached hydrogens (primary N) is 1. The summed E-state index contributed by atoms with van der Waals surface area (Å²) >= 11 is 0. The third kappa shape index (κ3) is 3.45. The lowest BCUT2D eigenvalue weighted by Crippen LogP contribution is -2.36. The molecule has 3 N–H and O–H groups in total. The van der Waals surface area contributed by atoms with Crippen molar-refractivity contribution in [2.45, 2.75) is 37.6 Å². The Labute approximate surface area is 126 Å². The van der Waals surface area contributed by atoms with Gasteiger partial charge in [-0.1, -0.05) is 42.5 Å². The van der Waals surface area contributed by atoms with E-state index < -0.39 is 0 Å². The van der Waals surface area contributed by atoms with E-state index in [4.69, 9.17) is 5.73 Å². The van der Waals surface area contributed by atoms with Gasteiger partial charge in [-0.15, -0.1) is 0 Å². The maximum atomic E-state index is 9.38. The third-order valence-electron chi connectivity index (χ3n) is 4.75. The lowest BCUT2D eigenvalue weighted by atomic mass is 9.73. The minimum absolute atomic E-state index is 0.291. The van der Waals surface area contributed by atoms with Gasteiger partial charge in [0.1, 0.15) is 5.75 Å². The molecule has 0 saturated heterocycles. The van der Waals surface area contributed by atoms with Crippen molar-refractivity contribution in [3.8, 4) is 5.75 Å². The minimum atomic E-state index is 0.291. The van der Waals surface area contributed by atoms with Crippen LogP contribution in [0.25, 0.3) is 0 Å². The molecule has 0 aliphatic heterocycles. The van der Waals surface area contributed by atoms with Gasteiger partial charge in [0.2, 0.25) is 0 Å². The van der Waals surface area contributed by atoms with Crippen LogP contribution in [0.2, 0.25) is 0 Å². The molecule has 2 heteroatoms. The fourth-order valence-corrected chi connectivity index (χ4v) is 3.48. The largest absolute Gasteiger partial charge is 0.508 e. The average Bonchev–Trinajstić information content (AvgIpc) is 2.52. The highest BCUT2D eigenvalue weighted by Crippen LogP contribution is 2.37. The lowest BCUT2D eigenvalue weighted by molar-refractivity contribution is 0.277. The van der Waals surface area contributed by atoms with Crippen LogP contribution in [0.15, 0.2) is 54.6 Å². The molecular formula is C19H23NO. The SMILES string of the molecule is NC1CCC(c2ccccc2)CC1Cc1ccc(O)cc1. The van der Waals surface area contributed by atoms with Gasteiger partial charge in [-0.2, -0.15) is 0 Å². The number of hydrogen-bond acceptors (Lipinski definition) is 2. The predicted molar refractivity (Wildman–Crippen MR) is 86.3 cm³/mol. The van der Waals surface area contributed by atoms with Crippen LogP contribution in [0.5, 0.6) is 5.75 Å². The first-order valence-corrected chi connectivity index (χ1v) is 7.81. The molecule has 0 bridgehead atoms. The average molecular weight is 281 g/mol. The van der Waals surface area contributed by atoms with Crippen LogP contribution >= 0.6 is 0 Å². The van der Waals surface area contributed by atoms with Gasteiger partial charge in [-0.3, -0.25) is 0 Å². The van der Waals surface area contributed by atoms with E-state index in [1.165, 1.54) is 17.5 Å². The summed E-state index contributed by atoms with van der Waals surface area (Å²) in [7, 11) is 0. The monoisotopic (exact) mass is 281 g/mol. The molecule has 1 aliphatic carbocycles. The van der Waals surface area contributed by atoms with Crippen molar-refractivity contribution < 1.29 is 5.11 Å².